The molecule has 10 heteroatoms. The van der Waals surface area contributed by atoms with Gasteiger partial charge in [0.2, 0.25) is 0 Å². The van der Waals surface area contributed by atoms with E-state index in [0.29, 0.717) is 34.7 Å². The zero-order chi connectivity index (χ0) is 23.4. The van der Waals surface area contributed by atoms with Gasteiger partial charge in [0.1, 0.15) is 11.6 Å². The van der Waals surface area contributed by atoms with E-state index in [9.17, 15) is 9.59 Å². The van der Waals surface area contributed by atoms with Crippen molar-refractivity contribution in [2.45, 2.75) is 25.7 Å². The number of urea groups is 1. The molecule has 2 saturated heterocycles. The maximum atomic E-state index is 13.1. The zero-order valence-corrected chi connectivity index (χ0v) is 19.9. The molecule has 176 valence electrons. The van der Waals surface area contributed by atoms with Crippen molar-refractivity contribution in [3.63, 3.8) is 0 Å². The highest BCUT2D eigenvalue weighted by atomic mass is 35.5. The van der Waals surface area contributed by atoms with E-state index in [1.54, 1.807) is 23.1 Å². The number of carbonyl (C=O) groups excluding carboxylic acids is 2. The van der Waals surface area contributed by atoms with E-state index in [0.717, 1.165) is 25.9 Å². The first kappa shape index (κ1) is 23.6. The van der Waals surface area contributed by atoms with E-state index in [2.05, 4.69) is 20.9 Å². The van der Waals surface area contributed by atoms with Crippen molar-refractivity contribution < 1.29 is 14.3 Å². The highest BCUT2D eigenvalue weighted by molar-refractivity contribution is 6.32. The van der Waals surface area contributed by atoms with Crippen molar-refractivity contribution in [1.82, 2.24) is 15.2 Å². The van der Waals surface area contributed by atoms with Crippen LogP contribution in [-0.4, -0.2) is 55.1 Å². The van der Waals surface area contributed by atoms with Crippen LogP contribution in [0.25, 0.3) is 0 Å². The Bertz CT molecular complexity index is 1020. The van der Waals surface area contributed by atoms with Crippen LogP contribution in [-0.2, 0) is 0 Å². The smallest absolute Gasteiger partial charge is 0.321 e. The Morgan fingerprint density at radius 2 is 1.91 bits per heavy atom. The Labute approximate surface area is 203 Å². The number of nitrogens with zero attached hydrogens (tertiary/aromatic N) is 2. The first-order valence-electron chi connectivity index (χ1n) is 11.0. The van der Waals surface area contributed by atoms with Crippen LogP contribution in [0.1, 0.15) is 36.0 Å². The van der Waals surface area contributed by atoms with Gasteiger partial charge in [-0.05, 0) is 55.8 Å². The molecule has 2 fully saturated rings. The molecule has 0 bridgehead atoms. The summed E-state index contributed by atoms with van der Waals surface area (Å²) in [5, 5.41) is 9.83. The lowest BCUT2D eigenvalue weighted by Gasteiger charge is -2.44. The van der Waals surface area contributed by atoms with Crippen molar-refractivity contribution >= 4 is 46.6 Å². The molecule has 33 heavy (non-hydrogen) atoms. The van der Waals surface area contributed by atoms with E-state index >= 15 is 0 Å². The molecule has 3 heterocycles. The molecule has 0 atom stereocenters. The fourth-order valence-corrected chi connectivity index (χ4v) is 4.83. The minimum Gasteiger partial charge on any atom is -0.494 e. The first-order chi connectivity index (χ1) is 15.9. The maximum Gasteiger partial charge on any atom is 0.321 e. The normalized spacial score (nSPS) is 17.5. The maximum absolute atomic E-state index is 13.1. The van der Waals surface area contributed by atoms with Crippen molar-refractivity contribution in [3.8, 4) is 5.75 Å². The second-order valence-corrected chi connectivity index (χ2v) is 9.42. The summed E-state index contributed by atoms with van der Waals surface area (Å²) < 4.78 is 5.42. The summed E-state index contributed by atoms with van der Waals surface area (Å²) in [4.78, 5) is 32.0. The molecule has 1 aromatic carbocycles. The number of hydrogen-bond donors (Lipinski definition) is 3. The van der Waals surface area contributed by atoms with E-state index in [1.807, 2.05) is 0 Å². The summed E-state index contributed by atoms with van der Waals surface area (Å²) in [5.74, 6) is 0.143. The number of rotatable bonds is 4. The molecule has 4 rings (SSSR count). The number of likely N-dealkylation sites (tertiary alicyclic amines) is 1. The van der Waals surface area contributed by atoms with Crippen LogP contribution < -0.4 is 20.7 Å². The van der Waals surface area contributed by atoms with E-state index in [1.165, 1.54) is 32.2 Å². The summed E-state index contributed by atoms with van der Waals surface area (Å²) >= 11 is 12.1. The fraction of sp³-hybridized carbons (Fsp3) is 0.435. The van der Waals surface area contributed by atoms with Gasteiger partial charge in [0, 0.05) is 36.9 Å². The first-order valence-corrected chi connectivity index (χ1v) is 11.7. The van der Waals surface area contributed by atoms with Gasteiger partial charge in [0.05, 0.1) is 23.4 Å². The van der Waals surface area contributed by atoms with Gasteiger partial charge < -0.3 is 25.6 Å². The summed E-state index contributed by atoms with van der Waals surface area (Å²) in [6, 6.07) is 5.99. The Balaban J connectivity index is 1.51. The molecule has 0 aliphatic carbocycles. The number of piperidine rings is 2. The predicted molar refractivity (Wildman–Crippen MR) is 130 cm³/mol. The molecule has 0 unspecified atom stereocenters. The van der Waals surface area contributed by atoms with Crippen LogP contribution >= 0.6 is 23.2 Å². The minimum atomic E-state index is -0.480. The highest BCUT2D eigenvalue weighted by Crippen LogP contribution is 2.38. The molecule has 1 aromatic heterocycles. The van der Waals surface area contributed by atoms with Gasteiger partial charge in [0.15, 0.2) is 0 Å². The van der Waals surface area contributed by atoms with Gasteiger partial charge in [0.25, 0.3) is 5.91 Å². The second-order valence-electron chi connectivity index (χ2n) is 8.54. The molecule has 0 radical (unpaired) electrons. The number of pyridine rings is 1. The van der Waals surface area contributed by atoms with Gasteiger partial charge in [-0.3, -0.25) is 4.79 Å². The number of anilines is 2. The van der Waals surface area contributed by atoms with Gasteiger partial charge in [-0.1, -0.05) is 23.2 Å². The van der Waals surface area contributed by atoms with Gasteiger partial charge >= 0.3 is 6.03 Å². The lowest BCUT2D eigenvalue weighted by Crippen LogP contribution is -2.50. The highest BCUT2D eigenvalue weighted by Gasteiger charge is 2.37. The van der Waals surface area contributed by atoms with Crippen LogP contribution in [0.3, 0.4) is 0 Å². The third-order valence-corrected chi connectivity index (χ3v) is 6.85. The Hall–Kier alpha value is -2.55. The molecular weight excluding hydrogens is 465 g/mol. The van der Waals surface area contributed by atoms with Crippen molar-refractivity contribution in [3.05, 3.63) is 46.1 Å². The quantitative estimate of drug-likeness (QED) is 0.578. The number of carbonyl (C=O) groups is 2. The topological polar surface area (TPSA) is 95.6 Å². The molecular formula is C23H27Cl2N5O3. The van der Waals surface area contributed by atoms with Crippen molar-refractivity contribution in [1.29, 1.82) is 0 Å². The number of methoxy groups -OCH3 is 1. The summed E-state index contributed by atoms with van der Waals surface area (Å²) in [6.07, 6.45) is 5.73. The van der Waals surface area contributed by atoms with Crippen LogP contribution in [0, 0.1) is 5.41 Å². The standard InChI is InChI=1S/C23H27Cl2N5O3/c1-33-18-12-16(25)11-17(21(31)28-19-4-3-15(24)13-27-19)20(18)29-22(32)30-9-6-23(7-10-30)5-2-8-26-14-23/h3-4,11-13,26H,2,5-10,14H2,1H3,(H,29,32)(H,27,28,31). The van der Waals surface area contributed by atoms with E-state index in [-0.39, 0.29) is 22.7 Å². The summed E-state index contributed by atoms with van der Waals surface area (Å²) in [7, 11) is 1.46. The summed E-state index contributed by atoms with van der Waals surface area (Å²) in [5.41, 5.74) is 0.719. The number of amides is 3. The van der Waals surface area contributed by atoms with Gasteiger partial charge in [-0.2, -0.15) is 0 Å². The zero-order valence-electron chi connectivity index (χ0n) is 18.4. The van der Waals surface area contributed by atoms with E-state index < -0.39 is 5.91 Å². The second kappa shape index (κ2) is 10.2. The van der Waals surface area contributed by atoms with Crippen LogP contribution in [0.2, 0.25) is 10.0 Å². The lowest BCUT2D eigenvalue weighted by atomic mass is 9.73. The van der Waals surface area contributed by atoms with Gasteiger partial charge in [-0.25, -0.2) is 9.78 Å². The number of ether oxygens (including phenoxy) is 1. The number of benzene rings is 1. The molecule has 3 N–H and O–H groups in total. The van der Waals surface area contributed by atoms with E-state index in [4.69, 9.17) is 27.9 Å². The van der Waals surface area contributed by atoms with Crippen molar-refractivity contribution in [2.24, 2.45) is 5.41 Å². The largest absolute Gasteiger partial charge is 0.494 e. The average Bonchev–Trinajstić information content (AvgIpc) is 2.82. The van der Waals surface area contributed by atoms with Crippen LogP contribution in [0.4, 0.5) is 16.3 Å². The van der Waals surface area contributed by atoms with Crippen molar-refractivity contribution in [2.75, 3.05) is 43.9 Å². The molecule has 2 aromatic rings. The molecule has 1 spiro atoms. The van der Waals surface area contributed by atoms with Gasteiger partial charge in [-0.15, -0.1) is 0 Å². The monoisotopic (exact) mass is 491 g/mol. The Morgan fingerprint density at radius 3 is 2.55 bits per heavy atom. The lowest BCUT2D eigenvalue weighted by molar-refractivity contribution is 0.0964. The molecule has 0 saturated carbocycles. The third kappa shape index (κ3) is 5.51. The number of hydrogen-bond acceptors (Lipinski definition) is 5. The number of nitrogens with one attached hydrogen (secondary N) is 3. The Kier molecular flexibility index (Phi) is 7.26. The molecule has 2 aliphatic rings. The number of halogens is 2. The SMILES string of the molecule is COc1cc(Cl)cc(C(=O)Nc2ccc(Cl)cn2)c1NC(=O)N1CCC2(CCCNC2)CC1. The Morgan fingerprint density at radius 1 is 1.12 bits per heavy atom. The third-order valence-electron chi connectivity index (χ3n) is 6.40. The molecule has 2 aliphatic heterocycles. The predicted octanol–water partition coefficient (Wildman–Crippen LogP) is 4.65. The fourth-order valence-electron chi connectivity index (χ4n) is 4.51. The number of aromatic nitrogens is 1. The van der Waals surface area contributed by atoms with Crippen LogP contribution in [0.5, 0.6) is 5.75 Å². The summed E-state index contributed by atoms with van der Waals surface area (Å²) in [6.45, 7) is 3.41. The van der Waals surface area contributed by atoms with Crippen LogP contribution in [0.15, 0.2) is 30.5 Å². The molecule has 8 nitrogen and oxygen atoms in total. The molecule has 3 amide bonds. The average molecular weight is 492 g/mol. The minimum absolute atomic E-state index is 0.175.